The minimum atomic E-state index is 0.915. The van der Waals surface area contributed by atoms with Crippen molar-refractivity contribution in [3.8, 4) is 44.8 Å². The minimum absolute atomic E-state index is 0.915. The van der Waals surface area contributed by atoms with Gasteiger partial charge >= 0.3 is 0 Å². The summed E-state index contributed by atoms with van der Waals surface area (Å²) >= 11 is 0. The predicted octanol–water partition coefficient (Wildman–Crippen LogP) is 12.9. The lowest BCUT2D eigenvalue weighted by atomic mass is 9.95. The molecular formula is C50H30N4. The van der Waals surface area contributed by atoms with Crippen LogP contribution in [0.15, 0.2) is 182 Å². The molecule has 4 aromatic heterocycles. The van der Waals surface area contributed by atoms with Gasteiger partial charge in [-0.05, 0) is 86.8 Å². The zero-order valence-corrected chi connectivity index (χ0v) is 29.1. The van der Waals surface area contributed by atoms with Crippen LogP contribution in [0.5, 0.6) is 0 Å². The average molecular weight is 687 g/mol. The molecule has 0 amide bonds. The lowest BCUT2D eigenvalue weighted by molar-refractivity contribution is 1.32. The first-order chi connectivity index (χ1) is 26.7. The smallest absolute Gasteiger partial charge is 0.0978 e. The van der Waals surface area contributed by atoms with Crippen LogP contribution in [0.4, 0.5) is 0 Å². The number of benzene rings is 7. The molecule has 0 N–H and O–H groups in total. The third-order valence-electron chi connectivity index (χ3n) is 10.7. The first-order valence-corrected chi connectivity index (χ1v) is 18.2. The summed E-state index contributed by atoms with van der Waals surface area (Å²) in [4.78, 5) is 19.5. The molecular weight excluding hydrogens is 657 g/mol. The number of para-hydroxylation sites is 1. The second kappa shape index (κ2) is 12.1. The zero-order chi connectivity index (χ0) is 35.6. The van der Waals surface area contributed by atoms with Crippen molar-refractivity contribution in [1.82, 2.24) is 19.9 Å². The maximum atomic E-state index is 5.30. The van der Waals surface area contributed by atoms with Crippen molar-refractivity contribution in [1.29, 1.82) is 0 Å². The standard InChI is InChI=1S/C50H30N4/c1-2-6-33(7-3-1)48-43-8-4-5-9-46(43)54-50-44(48)20-18-34-19-21-45(53-49(34)50)38-17-16-37-25-40-24-35(14-15-36(40)26-41(37)27-38)31-10-12-32(13-11-31)47-28-42-29-51-23-22-39(42)30-52-47/h1-30H. The van der Waals surface area contributed by atoms with Crippen LogP contribution in [-0.2, 0) is 0 Å². The van der Waals surface area contributed by atoms with Crippen LogP contribution >= 0.6 is 0 Å². The van der Waals surface area contributed by atoms with Crippen molar-refractivity contribution < 1.29 is 0 Å². The fourth-order valence-electron chi connectivity index (χ4n) is 7.92. The monoisotopic (exact) mass is 686 g/mol. The van der Waals surface area contributed by atoms with Gasteiger partial charge in [0.1, 0.15) is 0 Å². The molecule has 0 saturated heterocycles. The number of nitrogens with zero attached hydrogens (tertiary/aromatic N) is 4. The molecule has 0 spiro atoms. The first kappa shape index (κ1) is 30.3. The molecule has 0 atom stereocenters. The Morgan fingerprint density at radius 2 is 1.04 bits per heavy atom. The van der Waals surface area contributed by atoms with E-state index in [0.717, 1.165) is 66.0 Å². The highest BCUT2D eigenvalue weighted by Crippen LogP contribution is 2.38. The zero-order valence-electron chi connectivity index (χ0n) is 29.1. The Bertz CT molecular complexity index is 3260. The van der Waals surface area contributed by atoms with Gasteiger partial charge < -0.3 is 0 Å². The van der Waals surface area contributed by atoms with E-state index in [1.54, 1.807) is 6.20 Å². The van der Waals surface area contributed by atoms with Gasteiger partial charge in [-0.3, -0.25) is 9.97 Å². The molecule has 11 rings (SSSR count). The highest BCUT2D eigenvalue weighted by atomic mass is 14.8. The normalized spacial score (nSPS) is 11.7. The van der Waals surface area contributed by atoms with Crippen molar-refractivity contribution in [2.24, 2.45) is 0 Å². The van der Waals surface area contributed by atoms with E-state index < -0.39 is 0 Å². The molecule has 7 aromatic carbocycles. The van der Waals surface area contributed by atoms with Crippen molar-refractivity contribution >= 4 is 65.0 Å². The fourth-order valence-corrected chi connectivity index (χ4v) is 7.92. The summed E-state index contributed by atoms with van der Waals surface area (Å²) in [5.41, 5.74) is 11.6. The van der Waals surface area contributed by atoms with Gasteiger partial charge in [0, 0.05) is 62.2 Å². The van der Waals surface area contributed by atoms with Gasteiger partial charge in [0.25, 0.3) is 0 Å². The van der Waals surface area contributed by atoms with Crippen molar-refractivity contribution in [3.05, 3.63) is 182 Å². The quantitative estimate of drug-likeness (QED) is 0.137. The van der Waals surface area contributed by atoms with Crippen molar-refractivity contribution in [3.63, 3.8) is 0 Å². The Kier molecular flexibility index (Phi) is 6.82. The lowest BCUT2D eigenvalue weighted by Gasteiger charge is -2.13. The fraction of sp³-hybridized carbons (Fsp3) is 0. The summed E-state index contributed by atoms with van der Waals surface area (Å²) in [6, 6.07) is 58.4. The van der Waals surface area contributed by atoms with E-state index in [1.165, 1.54) is 43.8 Å². The largest absolute Gasteiger partial charge is 0.264 e. The minimum Gasteiger partial charge on any atom is -0.264 e. The number of fused-ring (bicyclic) bond motifs is 7. The Morgan fingerprint density at radius 1 is 0.333 bits per heavy atom. The molecule has 54 heavy (non-hydrogen) atoms. The highest BCUT2D eigenvalue weighted by molar-refractivity contribution is 6.16. The third kappa shape index (κ3) is 5.07. The van der Waals surface area contributed by atoms with Gasteiger partial charge in [-0.25, -0.2) is 9.97 Å². The Labute approximate surface area is 311 Å². The second-order valence-corrected chi connectivity index (χ2v) is 13.9. The summed E-state index contributed by atoms with van der Waals surface area (Å²) in [7, 11) is 0. The molecule has 0 radical (unpaired) electrons. The van der Waals surface area contributed by atoms with E-state index in [4.69, 9.17) is 9.97 Å². The third-order valence-corrected chi connectivity index (χ3v) is 10.7. The molecule has 0 saturated carbocycles. The number of aromatic nitrogens is 4. The van der Waals surface area contributed by atoms with E-state index in [9.17, 15) is 0 Å². The van der Waals surface area contributed by atoms with E-state index in [1.807, 2.05) is 18.5 Å². The van der Waals surface area contributed by atoms with Crippen LogP contribution in [0.1, 0.15) is 0 Å². The molecule has 0 fully saturated rings. The van der Waals surface area contributed by atoms with Crippen LogP contribution in [0, 0.1) is 0 Å². The van der Waals surface area contributed by atoms with Gasteiger partial charge in [-0.2, -0.15) is 0 Å². The summed E-state index contributed by atoms with van der Waals surface area (Å²) < 4.78 is 0. The van der Waals surface area contributed by atoms with Crippen LogP contribution in [0.3, 0.4) is 0 Å². The van der Waals surface area contributed by atoms with Crippen LogP contribution in [0.2, 0.25) is 0 Å². The van der Waals surface area contributed by atoms with Crippen molar-refractivity contribution in [2.45, 2.75) is 0 Å². The predicted molar refractivity (Wildman–Crippen MR) is 224 cm³/mol. The molecule has 4 heteroatoms. The number of hydrogen-bond acceptors (Lipinski definition) is 4. The Morgan fingerprint density at radius 3 is 1.89 bits per heavy atom. The van der Waals surface area contributed by atoms with E-state index >= 15 is 0 Å². The van der Waals surface area contributed by atoms with E-state index in [0.29, 0.717) is 0 Å². The average Bonchev–Trinajstić information content (AvgIpc) is 3.24. The molecule has 0 aliphatic heterocycles. The Balaban J connectivity index is 0.956. The SMILES string of the molecule is c1ccc(-c2c3ccccc3nc3c2ccc2ccc(-c4ccc5cc6cc(-c7ccc(-c8cc9cnccc9cn8)cc7)ccc6cc5c4)nc23)cc1. The lowest BCUT2D eigenvalue weighted by Crippen LogP contribution is -1.93. The van der Waals surface area contributed by atoms with Gasteiger partial charge in [0.05, 0.1) is 27.9 Å². The molecule has 0 aliphatic carbocycles. The topological polar surface area (TPSA) is 51.6 Å². The second-order valence-electron chi connectivity index (χ2n) is 13.9. The summed E-state index contributed by atoms with van der Waals surface area (Å²) in [6.07, 6.45) is 5.60. The van der Waals surface area contributed by atoms with E-state index in [-0.39, 0.29) is 0 Å². The molecule has 0 unspecified atom stereocenters. The highest BCUT2D eigenvalue weighted by Gasteiger charge is 2.15. The van der Waals surface area contributed by atoms with Crippen LogP contribution < -0.4 is 0 Å². The van der Waals surface area contributed by atoms with Gasteiger partial charge in [0.15, 0.2) is 0 Å². The first-order valence-electron chi connectivity index (χ1n) is 18.2. The van der Waals surface area contributed by atoms with Crippen molar-refractivity contribution in [2.75, 3.05) is 0 Å². The molecule has 0 bridgehead atoms. The van der Waals surface area contributed by atoms with Gasteiger partial charge in [-0.15, -0.1) is 0 Å². The van der Waals surface area contributed by atoms with Crippen LogP contribution in [-0.4, -0.2) is 19.9 Å². The summed E-state index contributed by atoms with van der Waals surface area (Å²) in [5, 5.41) is 10.3. The maximum Gasteiger partial charge on any atom is 0.0978 e. The molecule has 11 aromatic rings. The van der Waals surface area contributed by atoms with Gasteiger partial charge in [0.2, 0.25) is 0 Å². The Hall–Kier alpha value is -7.30. The summed E-state index contributed by atoms with van der Waals surface area (Å²) in [5.74, 6) is 0. The molecule has 4 nitrogen and oxygen atoms in total. The number of rotatable bonds is 4. The molecule has 250 valence electrons. The van der Waals surface area contributed by atoms with Gasteiger partial charge in [-0.1, -0.05) is 115 Å². The number of pyridine rings is 4. The van der Waals surface area contributed by atoms with E-state index in [2.05, 4.69) is 168 Å². The molecule has 4 heterocycles. The maximum absolute atomic E-state index is 5.30. The summed E-state index contributed by atoms with van der Waals surface area (Å²) in [6.45, 7) is 0. The molecule has 0 aliphatic rings. The van der Waals surface area contributed by atoms with Crippen LogP contribution in [0.25, 0.3) is 110 Å². The number of hydrogen-bond donors (Lipinski definition) is 0.